The van der Waals surface area contributed by atoms with Crippen LogP contribution in [0.15, 0.2) is 30.5 Å². The largest absolute Gasteiger partial charge is 0.333 e. The first-order chi connectivity index (χ1) is 9.13. The van der Waals surface area contributed by atoms with Gasteiger partial charge in [-0.15, -0.1) is 0 Å². The minimum atomic E-state index is 0.539. The Labute approximate surface area is 142 Å². The molecule has 0 bridgehead atoms. The minimum absolute atomic E-state index is 0.539. The first-order valence-corrected chi connectivity index (χ1v) is 9.62. The van der Waals surface area contributed by atoms with E-state index in [1.807, 2.05) is 23.9 Å². The van der Waals surface area contributed by atoms with Crippen LogP contribution in [0.3, 0.4) is 0 Å². The Morgan fingerprint density at radius 3 is 2.63 bits per heavy atom. The van der Waals surface area contributed by atoms with Gasteiger partial charge in [-0.05, 0) is 62.8 Å². The summed E-state index contributed by atoms with van der Waals surface area (Å²) in [5, 5.41) is 4.50. The van der Waals surface area contributed by atoms with Gasteiger partial charge < -0.3 is 5.32 Å². The lowest BCUT2D eigenvalue weighted by molar-refractivity contribution is 0.535. The lowest BCUT2D eigenvalue weighted by Gasteiger charge is -2.24. The van der Waals surface area contributed by atoms with Gasteiger partial charge in [0.15, 0.2) is 5.17 Å². The maximum Gasteiger partial charge on any atom is 0.161 e. The molecule has 6 heteroatoms. The number of benzene rings is 1. The van der Waals surface area contributed by atoms with Crippen LogP contribution in [0.2, 0.25) is 0 Å². The van der Waals surface area contributed by atoms with Gasteiger partial charge in [-0.1, -0.05) is 34.1 Å². The second kappa shape index (κ2) is 6.08. The molecule has 1 aliphatic heterocycles. The van der Waals surface area contributed by atoms with Crippen LogP contribution in [-0.4, -0.2) is 17.0 Å². The van der Waals surface area contributed by atoms with Crippen LogP contribution in [0.4, 0.5) is 5.69 Å². The van der Waals surface area contributed by atoms with Crippen molar-refractivity contribution in [1.29, 1.82) is 0 Å². The summed E-state index contributed by atoms with van der Waals surface area (Å²) in [5.41, 5.74) is 1.05. The molecular formula is C13H13Br3N2S. The van der Waals surface area contributed by atoms with Gasteiger partial charge in [0.25, 0.3) is 0 Å². The summed E-state index contributed by atoms with van der Waals surface area (Å²) in [6, 6.07) is 4.62. The number of nitrogens with zero attached hydrogens (tertiary/aromatic N) is 1. The standard InChI is InChI=1S/C13H13Br3N2S/c14-8-4-9(15)12(10(16)5-8)18-13-17-11-3-1-2-7(11)6-19-13/h4-5,7,11H,1-3,6H2,(H,17,18). The Morgan fingerprint density at radius 1 is 1.16 bits per heavy atom. The van der Waals surface area contributed by atoms with E-state index in [-0.39, 0.29) is 0 Å². The fraction of sp³-hybridized carbons (Fsp3) is 0.462. The van der Waals surface area contributed by atoms with E-state index in [2.05, 4.69) is 53.1 Å². The quantitative estimate of drug-likeness (QED) is 0.575. The van der Waals surface area contributed by atoms with E-state index in [0.29, 0.717) is 6.04 Å². The summed E-state index contributed by atoms with van der Waals surface area (Å²) in [6.07, 6.45) is 3.93. The molecule has 1 saturated carbocycles. The zero-order valence-corrected chi connectivity index (χ0v) is 15.7. The Balaban J connectivity index is 1.82. The number of rotatable bonds is 1. The van der Waals surface area contributed by atoms with Gasteiger partial charge in [0.1, 0.15) is 0 Å². The number of nitrogens with one attached hydrogen (secondary N) is 1. The van der Waals surface area contributed by atoms with Gasteiger partial charge in [0.05, 0.1) is 11.7 Å². The van der Waals surface area contributed by atoms with Gasteiger partial charge >= 0.3 is 0 Å². The van der Waals surface area contributed by atoms with Gasteiger partial charge in [-0.3, -0.25) is 4.99 Å². The molecule has 1 heterocycles. The van der Waals surface area contributed by atoms with E-state index in [4.69, 9.17) is 4.99 Å². The molecule has 0 aromatic heterocycles. The normalized spacial score (nSPS) is 25.9. The number of halogens is 3. The summed E-state index contributed by atoms with van der Waals surface area (Å²) >= 11 is 12.5. The van der Waals surface area contributed by atoms with Crippen molar-refractivity contribution in [2.45, 2.75) is 25.3 Å². The molecule has 1 aliphatic carbocycles. The Kier molecular flexibility index (Phi) is 4.61. The molecule has 0 radical (unpaired) electrons. The van der Waals surface area contributed by atoms with Crippen LogP contribution >= 0.6 is 59.6 Å². The Hall–Kier alpha value is 0.480. The summed E-state index contributed by atoms with van der Waals surface area (Å²) in [4.78, 5) is 4.86. The zero-order valence-electron chi connectivity index (χ0n) is 10.1. The highest BCUT2D eigenvalue weighted by molar-refractivity contribution is 9.11. The van der Waals surface area contributed by atoms with E-state index in [9.17, 15) is 0 Å². The number of anilines is 1. The molecule has 0 saturated heterocycles. The number of amidine groups is 1. The van der Waals surface area contributed by atoms with Crippen LogP contribution < -0.4 is 5.32 Å². The first-order valence-electron chi connectivity index (χ1n) is 6.25. The molecule has 1 aromatic rings. The third-order valence-corrected chi connectivity index (χ3v) is 6.36. The molecule has 0 spiro atoms. The van der Waals surface area contributed by atoms with Gasteiger partial charge in [-0.25, -0.2) is 0 Å². The molecule has 1 N–H and O–H groups in total. The molecule has 1 aromatic carbocycles. The second-order valence-electron chi connectivity index (χ2n) is 4.87. The summed E-state index contributed by atoms with van der Waals surface area (Å²) < 4.78 is 3.11. The predicted molar refractivity (Wildman–Crippen MR) is 94.2 cm³/mol. The molecule has 2 atom stereocenters. The summed E-state index contributed by atoms with van der Waals surface area (Å²) in [6.45, 7) is 0. The molecule has 1 fully saturated rings. The smallest absolute Gasteiger partial charge is 0.161 e. The van der Waals surface area contributed by atoms with Crippen molar-refractivity contribution < 1.29 is 0 Å². The molecule has 2 nitrogen and oxygen atoms in total. The summed E-state index contributed by atoms with van der Waals surface area (Å²) in [7, 11) is 0. The number of aliphatic imine (C=N–C) groups is 1. The predicted octanol–water partition coefficient (Wildman–Crippen LogP) is 5.66. The lowest BCUT2D eigenvalue weighted by Crippen LogP contribution is -2.25. The molecule has 19 heavy (non-hydrogen) atoms. The number of fused-ring (bicyclic) bond motifs is 1. The average Bonchev–Trinajstić information content (AvgIpc) is 2.81. The lowest BCUT2D eigenvalue weighted by atomic mass is 10.1. The highest BCUT2D eigenvalue weighted by atomic mass is 79.9. The van der Waals surface area contributed by atoms with Crippen LogP contribution in [0.25, 0.3) is 0 Å². The molecule has 0 amide bonds. The molecule has 3 rings (SSSR count). The van der Waals surface area contributed by atoms with Crippen LogP contribution in [0, 0.1) is 5.92 Å². The van der Waals surface area contributed by atoms with Crippen molar-refractivity contribution in [3.05, 3.63) is 25.6 Å². The van der Waals surface area contributed by atoms with E-state index in [1.54, 1.807) is 0 Å². The topological polar surface area (TPSA) is 24.4 Å². The number of hydrogen-bond donors (Lipinski definition) is 1. The molecule has 2 aliphatic rings. The van der Waals surface area contributed by atoms with Crippen LogP contribution in [0.1, 0.15) is 19.3 Å². The van der Waals surface area contributed by atoms with Crippen LogP contribution in [-0.2, 0) is 0 Å². The molecule has 2 unspecified atom stereocenters. The molecular weight excluding hydrogens is 456 g/mol. The third kappa shape index (κ3) is 3.22. The minimum Gasteiger partial charge on any atom is -0.333 e. The van der Waals surface area contributed by atoms with Gasteiger partial charge in [0, 0.05) is 19.2 Å². The van der Waals surface area contributed by atoms with E-state index >= 15 is 0 Å². The number of hydrogen-bond acceptors (Lipinski definition) is 3. The van der Waals surface area contributed by atoms with E-state index < -0.39 is 0 Å². The van der Waals surface area contributed by atoms with Crippen molar-refractivity contribution in [1.82, 2.24) is 0 Å². The average molecular weight is 469 g/mol. The van der Waals surface area contributed by atoms with Crippen molar-refractivity contribution in [2.75, 3.05) is 11.1 Å². The fourth-order valence-electron chi connectivity index (χ4n) is 2.59. The van der Waals surface area contributed by atoms with E-state index in [0.717, 1.165) is 30.2 Å². The Morgan fingerprint density at radius 2 is 1.89 bits per heavy atom. The van der Waals surface area contributed by atoms with Crippen molar-refractivity contribution >= 4 is 70.4 Å². The van der Waals surface area contributed by atoms with E-state index in [1.165, 1.54) is 25.0 Å². The zero-order chi connectivity index (χ0) is 13.4. The molecule has 102 valence electrons. The maximum atomic E-state index is 4.86. The SMILES string of the molecule is Brc1cc(Br)c(NC2=NC3CCCC3CS2)c(Br)c1. The van der Waals surface area contributed by atoms with Crippen molar-refractivity contribution in [3.8, 4) is 0 Å². The van der Waals surface area contributed by atoms with Crippen LogP contribution in [0.5, 0.6) is 0 Å². The third-order valence-electron chi connectivity index (χ3n) is 3.57. The first kappa shape index (κ1) is 14.4. The highest BCUT2D eigenvalue weighted by Gasteiger charge is 2.31. The maximum absolute atomic E-state index is 4.86. The van der Waals surface area contributed by atoms with Gasteiger partial charge in [-0.2, -0.15) is 0 Å². The second-order valence-corrected chi connectivity index (χ2v) is 8.51. The number of thioether (sulfide) groups is 1. The summed E-state index contributed by atoms with van der Waals surface area (Å²) in [5.74, 6) is 2.00. The van der Waals surface area contributed by atoms with Crippen molar-refractivity contribution in [3.63, 3.8) is 0 Å². The highest BCUT2D eigenvalue weighted by Crippen LogP contribution is 2.38. The monoisotopic (exact) mass is 466 g/mol. The van der Waals surface area contributed by atoms with Crippen molar-refractivity contribution in [2.24, 2.45) is 10.9 Å². The Bertz CT molecular complexity index is 510. The fourth-order valence-corrected chi connectivity index (χ4v) is 6.19. The van der Waals surface area contributed by atoms with Gasteiger partial charge in [0.2, 0.25) is 0 Å².